The van der Waals surface area contributed by atoms with Crippen molar-refractivity contribution in [3.63, 3.8) is 0 Å². The molecule has 0 aromatic heterocycles. The van der Waals surface area contributed by atoms with Gasteiger partial charge in [-0.25, -0.2) is 0 Å². The molecule has 4 nitrogen and oxygen atoms in total. The van der Waals surface area contributed by atoms with Gasteiger partial charge in [-0.3, -0.25) is 9.59 Å². The normalized spacial score (nSPS) is 19.3. The summed E-state index contributed by atoms with van der Waals surface area (Å²) in [5.74, 6) is -0.813. The summed E-state index contributed by atoms with van der Waals surface area (Å²) >= 11 is 0. The molecule has 1 aliphatic heterocycles. The fraction of sp³-hybridized carbons (Fsp3) is 0.226. The van der Waals surface area contributed by atoms with Crippen LogP contribution in [0.5, 0.6) is 5.75 Å². The third-order valence-corrected chi connectivity index (χ3v) is 6.88. The lowest BCUT2D eigenvalue weighted by atomic mass is 9.67. The Morgan fingerprint density at radius 3 is 2.26 bits per heavy atom. The van der Waals surface area contributed by atoms with Crippen LogP contribution in [0.15, 0.2) is 95.7 Å². The molecule has 0 amide bonds. The maximum Gasteiger partial charge on any atom is 0.195 e. The standard InChI is InChI=1S/C31H29NO3/c1-19-14-15-22(24(33)16-19)30(35)28-26(20-10-6-4-7-11-20)27-23(17-31(2,3)18-25(27)34)32-29(28)21-12-8-5-9-13-21/h4-16,26,32-33H,17-18H2,1-3H3. The van der Waals surface area contributed by atoms with Gasteiger partial charge in [0.15, 0.2) is 11.6 Å². The minimum absolute atomic E-state index is 0.0578. The Bertz CT molecular complexity index is 1380. The van der Waals surface area contributed by atoms with Gasteiger partial charge in [-0.15, -0.1) is 0 Å². The van der Waals surface area contributed by atoms with Crippen LogP contribution >= 0.6 is 0 Å². The van der Waals surface area contributed by atoms with Gasteiger partial charge in [-0.1, -0.05) is 80.6 Å². The van der Waals surface area contributed by atoms with Crippen LogP contribution in [0.4, 0.5) is 0 Å². The number of ketones is 2. The number of hydrogen-bond donors (Lipinski definition) is 2. The Hall–Kier alpha value is -3.92. The first-order chi connectivity index (χ1) is 16.7. The van der Waals surface area contributed by atoms with Crippen LogP contribution in [0.2, 0.25) is 0 Å². The van der Waals surface area contributed by atoms with E-state index >= 15 is 0 Å². The maximum absolute atomic E-state index is 14.2. The van der Waals surface area contributed by atoms with Crippen LogP contribution in [0.1, 0.15) is 59.7 Å². The Kier molecular flexibility index (Phi) is 5.68. The second kappa shape index (κ2) is 8.70. The number of carbonyl (C=O) groups excluding carboxylic acids is 2. The number of nitrogens with one attached hydrogen (secondary N) is 1. The second-order valence-corrected chi connectivity index (χ2v) is 10.3. The van der Waals surface area contributed by atoms with Gasteiger partial charge in [0.1, 0.15) is 5.75 Å². The van der Waals surface area contributed by atoms with Crippen LogP contribution < -0.4 is 5.32 Å². The van der Waals surface area contributed by atoms with Crippen LogP contribution in [0, 0.1) is 12.3 Å². The number of phenolic OH excluding ortho intramolecular Hbond substituents is 1. The molecule has 0 saturated carbocycles. The molecule has 1 atom stereocenters. The van der Waals surface area contributed by atoms with Crippen LogP contribution in [0.25, 0.3) is 5.70 Å². The molecule has 0 fully saturated rings. The summed E-state index contributed by atoms with van der Waals surface area (Å²) in [6, 6.07) is 24.6. The molecule has 3 aromatic rings. The molecule has 0 spiro atoms. The number of hydrogen-bond acceptors (Lipinski definition) is 4. The lowest BCUT2D eigenvalue weighted by molar-refractivity contribution is -0.118. The number of rotatable bonds is 4. The fourth-order valence-electron chi connectivity index (χ4n) is 5.32. The zero-order chi connectivity index (χ0) is 24.7. The SMILES string of the molecule is Cc1ccc(C(=O)C2=C(c3ccccc3)NC3=C(C(=O)CC(C)(C)C3)C2c2ccccc2)c(O)c1. The van der Waals surface area contributed by atoms with E-state index in [-0.39, 0.29) is 28.3 Å². The van der Waals surface area contributed by atoms with Gasteiger partial charge < -0.3 is 10.4 Å². The first-order valence-electron chi connectivity index (χ1n) is 12.0. The van der Waals surface area contributed by atoms with Crippen molar-refractivity contribution in [3.05, 3.63) is 118 Å². The Morgan fingerprint density at radius 1 is 0.943 bits per heavy atom. The molecule has 0 radical (unpaired) electrons. The van der Waals surface area contributed by atoms with Gasteiger partial charge in [0.2, 0.25) is 0 Å². The van der Waals surface area contributed by atoms with E-state index in [1.54, 1.807) is 12.1 Å². The number of carbonyl (C=O) groups is 2. The molecule has 1 unspecified atom stereocenters. The molecular formula is C31H29NO3. The topological polar surface area (TPSA) is 66.4 Å². The van der Waals surface area contributed by atoms with Crippen molar-refractivity contribution in [2.75, 3.05) is 0 Å². The molecule has 1 heterocycles. The number of Topliss-reactive ketones (excluding diaryl/α,β-unsaturated/α-hetero) is 2. The number of allylic oxidation sites excluding steroid dienone is 3. The molecule has 0 saturated heterocycles. The van der Waals surface area contributed by atoms with E-state index in [1.165, 1.54) is 0 Å². The number of aryl methyl sites for hydroxylation is 1. The zero-order valence-corrected chi connectivity index (χ0v) is 20.3. The highest BCUT2D eigenvalue weighted by Gasteiger charge is 2.43. The maximum atomic E-state index is 14.2. The zero-order valence-electron chi connectivity index (χ0n) is 20.3. The van der Waals surface area contributed by atoms with Crippen molar-refractivity contribution >= 4 is 17.3 Å². The van der Waals surface area contributed by atoms with E-state index < -0.39 is 5.92 Å². The van der Waals surface area contributed by atoms with E-state index in [9.17, 15) is 14.7 Å². The monoisotopic (exact) mass is 463 g/mol. The lowest BCUT2D eigenvalue weighted by Gasteiger charge is -2.40. The minimum atomic E-state index is -0.528. The molecule has 2 aliphatic rings. The van der Waals surface area contributed by atoms with Crippen molar-refractivity contribution in [1.82, 2.24) is 5.32 Å². The van der Waals surface area contributed by atoms with Crippen molar-refractivity contribution in [3.8, 4) is 5.75 Å². The summed E-state index contributed by atoms with van der Waals surface area (Å²) in [4.78, 5) is 27.8. The van der Waals surface area contributed by atoms with Crippen LogP contribution in [-0.4, -0.2) is 16.7 Å². The summed E-state index contributed by atoms with van der Waals surface area (Å²) < 4.78 is 0. The molecule has 5 rings (SSSR count). The highest BCUT2D eigenvalue weighted by Crippen LogP contribution is 2.49. The predicted octanol–water partition coefficient (Wildman–Crippen LogP) is 6.32. The lowest BCUT2D eigenvalue weighted by Crippen LogP contribution is -2.38. The smallest absolute Gasteiger partial charge is 0.195 e. The third-order valence-electron chi connectivity index (χ3n) is 6.88. The van der Waals surface area contributed by atoms with Crippen molar-refractivity contribution in [1.29, 1.82) is 0 Å². The second-order valence-electron chi connectivity index (χ2n) is 10.3. The summed E-state index contributed by atoms with van der Waals surface area (Å²) in [7, 11) is 0. The average molecular weight is 464 g/mol. The molecule has 35 heavy (non-hydrogen) atoms. The van der Waals surface area contributed by atoms with Crippen LogP contribution in [0.3, 0.4) is 0 Å². The Labute approximate surface area is 206 Å². The molecule has 176 valence electrons. The largest absolute Gasteiger partial charge is 0.507 e. The van der Waals surface area contributed by atoms with E-state index in [0.29, 0.717) is 29.7 Å². The van der Waals surface area contributed by atoms with Gasteiger partial charge >= 0.3 is 0 Å². The van der Waals surface area contributed by atoms with Gasteiger partial charge in [-0.05, 0) is 47.6 Å². The summed E-state index contributed by atoms with van der Waals surface area (Å²) in [6.45, 7) is 6.08. The van der Waals surface area contributed by atoms with Crippen molar-refractivity contribution in [2.45, 2.75) is 39.5 Å². The van der Waals surface area contributed by atoms with E-state index in [4.69, 9.17) is 0 Å². The number of dihydropyridines is 1. The molecule has 2 N–H and O–H groups in total. The summed E-state index contributed by atoms with van der Waals surface area (Å²) in [5.41, 5.74) is 5.38. The van der Waals surface area contributed by atoms with Gasteiger partial charge in [-0.2, -0.15) is 0 Å². The van der Waals surface area contributed by atoms with Gasteiger partial charge in [0, 0.05) is 29.2 Å². The Balaban J connectivity index is 1.80. The molecule has 0 bridgehead atoms. The number of aromatic hydroxyl groups is 1. The first kappa shape index (κ1) is 22.9. The van der Waals surface area contributed by atoms with Gasteiger partial charge in [0.05, 0.1) is 11.3 Å². The van der Waals surface area contributed by atoms with E-state index in [0.717, 1.165) is 22.4 Å². The van der Waals surface area contributed by atoms with E-state index in [2.05, 4.69) is 19.2 Å². The van der Waals surface area contributed by atoms with Gasteiger partial charge in [0.25, 0.3) is 0 Å². The minimum Gasteiger partial charge on any atom is -0.507 e. The molecule has 1 aliphatic carbocycles. The molecule has 4 heteroatoms. The molecular weight excluding hydrogens is 434 g/mol. The summed E-state index contributed by atoms with van der Waals surface area (Å²) in [6.07, 6.45) is 1.14. The predicted molar refractivity (Wildman–Crippen MR) is 138 cm³/mol. The average Bonchev–Trinajstić information content (AvgIpc) is 2.83. The van der Waals surface area contributed by atoms with Crippen molar-refractivity contribution in [2.24, 2.45) is 5.41 Å². The number of phenols is 1. The highest BCUT2D eigenvalue weighted by atomic mass is 16.3. The highest BCUT2D eigenvalue weighted by molar-refractivity contribution is 6.18. The quantitative estimate of drug-likeness (QED) is 0.444. The third kappa shape index (κ3) is 4.21. The first-order valence-corrected chi connectivity index (χ1v) is 12.0. The molecule has 3 aromatic carbocycles. The van der Waals surface area contributed by atoms with E-state index in [1.807, 2.05) is 73.7 Å². The van der Waals surface area contributed by atoms with Crippen LogP contribution in [-0.2, 0) is 4.79 Å². The fourth-order valence-corrected chi connectivity index (χ4v) is 5.32. The number of benzene rings is 3. The summed E-state index contributed by atoms with van der Waals surface area (Å²) in [5, 5.41) is 14.2. The van der Waals surface area contributed by atoms with Crippen molar-refractivity contribution < 1.29 is 14.7 Å². The Morgan fingerprint density at radius 2 is 1.60 bits per heavy atom.